The summed E-state index contributed by atoms with van der Waals surface area (Å²) < 4.78 is 81.1. The molecule has 0 aromatic heterocycles. The number of alkyl halides is 3. The maximum absolute atomic E-state index is 14.0. The molecular weight excluding hydrogens is 637 g/mol. The minimum absolute atomic E-state index is 0.0289. The fourth-order valence-corrected chi connectivity index (χ4v) is 7.85. The Balaban J connectivity index is 1.56. The van der Waals surface area contributed by atoms with Gasteiger partial charge in [-0.25, -0.2) is 8.42 Å². The maximum Gasteiger partial charge on any atom is 0.416 e. The lowest BCUT2D eigenvalue weighted by molar-refractivity contribution is -0.146. The molecule has 1 spiro atoms. The molecule has 3 heterocycles. The van der Waals surface area contributed by atoms with Gasteiger partial charge in [-0.05, 0) is 55.8 Å². The SMILES string of the molecule is CO[C@@H]1CN2C[C@H]1NC(=O)c1ccc(Cl)c(c1)S(=O)(=O)N(c1cccc(C(F)(F)F)c1)C/C=C/COCC1(CCCNC1)C2=O. The smallest absolute Gasteiger partial charge is 0.377 e. The Morgan fingerprint density at radius 3 is 2.62 bits per heavy atom. The summed E-state index contributed by atoms with van der Waals surface area (Å²) >= 11 is 6.33. The van der Waals surface area contributed by atoms with Crippen molar-refractivity contribution in [2.24, 2.45) is 5.41 Å². The Labute approximate surface area is 264 Å². The second-order valence-electron chi connectivity index (χ2n) is 11.3. The molecule has 15 heteroatoms. The highest BCUT2D eigenvalue weighted by molar-refractivity contribution is 7.93. The fraction of sp³-hybridized carbons (Fsp3) is 0.467. The zero-order valence-corrected chi connectivity index (χ0v) is 26.1. The van der Waals surface area contributed by atoms with Crippen LogP contribution in [0.1, 0.15) is 28.8 Å². The topological polar surface area (TPSA) is 117 Å². The molecule has 0 aliphatic carbocycles. The molecule has 2 aromatic rings. The third-order valence-corrected chi connectivity index (χ3v) is 10.6. The lowest BCUT2D eigenvalue weighted by Crippen LogP contribution is -2.54. The van der Waals surface area contributed by atoms with E-state index < -0.39 is 50.1 Å². The van der Waals surface area contributed by atoms with Crippen LogP contribution in [-0.4, -0.2) is 90.3 Å². The number of methoxy groups -OCH3 is 1. The molecule has 4 bridgehead atoms. The summed E-state index contributed by atoms with van der Waals surface area (Å²) in [4.78, 5) is 28.6. The van der Waals surface area contributed by atoms with E-state index in [-0.39, 0.29) is 55.0 Å². The largest absolute Gasteiger partial charge is 0.416 e. The molecule has 10 nitrogen and oxygen atoms in total. The van der Waals surface area contributed by atoms with Crippen molar-refractivity contribution in [2.45, 2.75) is 36.1 Å². The fourth-order valence-electron chi connectivity index (χ4n) is 5.94. The number of ether oxygens (including phenoxy) is 2. The molecule has 3 aliphatic heterocycles. The maximum atomic E-state index is 14.0. The average molecular weight is 671 g/mol. The van der Waals surface area contributed by atoms with Crippen molar-refractivity contribution in [2.75, 3.05) is 57.4 Å². The number of halogens is 4. The van der Waals surface area contributed by atoms with Gasteiger partial charge in [-0.1, -0.05) is 29.8 Å². The molecule has 244 valence electrons. The normalized spacial score (nSPS) is 27.1. The van der Waals surface area contributed by atoms with Gasteiger partial charge < -0.3 is 25.0 Å². The standard InChI is InChI=1S/C30H34ClF3N4O6S/c1-43-25-17-37-16-24(25)36-27(39)20-8-9-23(31)26(14-20)45(41,42)38(22-7-4-6-21(15-22)30(32,33)34)12-2-3-13-44-19-29(28(37)40)10-5-11-35-18-29/h2-4,6-9,14-15,24-25,35H,5,10-13,16-19H2,1H3,(H,36,39)/b3-2+/t24-,25-,29?/m1/s1. The average Bonchev–Trinajstić information content (AvgIpc) is 3.42. The van der Waals surface area contributed by atoms with E-state index in [1.807, 2.05) is 0 Å². The van der Waals surface area contributed by atoms with E-state index in [2.05, 4.69) is 10.6 Å². The van der Waals surface area contributed by atoms with Crippen LogP contribution in [0.4, 0.5) is 18.9 Å². The number of hydrogen-bond donors (Lipinski definition) is 2. The van der Waals surface area contributed by atoms with Crippen molar-refractivity contribution in [1.82, 2.24) is 15.5 Å². The molecular formula is C30H34ClF3N4O6S. The Bertz CT molecular complexity index is 1560. The zero-order chi connectivity index (χ0) is 32.4. The summed E-state index contributed by atoms with van der Waals surface area (Å²) in [6, 6.07) is 7.03. The predicted octanol–water partition coefficient (Wildman–Crippen LogP) is 3.47. The van der Waals surface area contributed by atoms with Crippen LogP contribution < -0.4 is 14.9 Å². The van der Waals surface area contributed by atoms with Crippen LogP contribution in [0.2, 0.25) is 5.02 Å². The second-order valence-corrected chi connectivity index (χ2v) is 13.6. The van der Waals surface area contributed by atoms with E-state index in [9.17, 15) is 31.2 Å². The lowest BCUT2D eigenvalue weighted by atomic mass is 9.80. The quantitative estimate of drug-likeness (QED) is 0.470. The first-order valence-electron chi connectivity index (χ1n) is 14.4. The van der Waals surface area contributed by atoms with Gasteiger partial charge in [-0.15, -0.1) is 0 Å². The summed E-state index contributed by atoms with van der Waals surface area (Å²) in [5.41, 5.74) is -2.18. The van der Waals surface area contributed by atoms with Crippen LogP contribution in [0.15, 0.2) is 59.5 Å². The summed E-state index contributed by atoms with van der Waals surface area (Å²) in [6.07, 6.45) is -0.894. The van der Waals surface area contributed by atoms with Gasteiger partial charge in [0, 0.05) is 32.3 Å². The van der Waals surface area contributed by atoms with Gasteiger partial charge >= 0.3 is 6.18 Å². The number of anilines is 1. The molecule has 2 amide bonds. The van der Waals surface area contributed by atoms with E-state index in [1.54, 1.807) is 11.0 Å². The number of sulfonamides is 1. The minimum atomic E-state index is -4.72. The van der Waals surface area contributed by atoms with Crippen molar-refractivity contribution in [1.29, 1.82) is 0 Å². The molecule has 2 N–H and O–H groups in total. The van der Waals surface area contributed by atoms with Crippen molar-refractivity contribution < 1.29 is 40.7 Å². The van der Waals surface area contributed by atoms with E-state index in [0.717, 1.165) is 41.5 Å². The van der Waals surface area contributed by atoms with Crippen LogP contribution in [0, 0.1) is 5.41 Å². The van der Waals surface area contributed by atoms with Gasteiger partial charge in [0.15, 0.2) is 0 Å². The van der Waals surface area contributed by atoms with Crippen molar-refractivity contribution in [3.63, 3.8) is 0 Å². The van der Waals surface area contributed by atoms with Gasteiger partial charge in [-0.2, -0.15) is 13.2 Å². The molecule has 1 unspecified atom stereocenters. The number of nitrogens with zero attached hydrogens (tertiary/aromatic N) is 2. The Morgan fingerprint density at radius 2 is 1.91 bits per heavy atom. The van der Waals surface area contributed by atoms with Gasteiger partial charge in [-0.3, -0.25) is 13.9 Å². The number of hydrogen-bond acceptors (Lipinski definition) is 7. The van der Waals surface area contributed by atoms with E-state index >= 15 is 0 Å². The van der Waals surface area contributed by atoms with Crippen molar-refractivity contribution >= 4 is 39.1 Å². The Kier molecular flexibility index (Phi) is 9.80. The van der Waals surface area contributed by atoms with Crippen molar-refractivity contribution in [3.05, 3.63) is 70.8 Å². The van der Waals surface area contributed by atoms with Crippen molar-refractivity contribution in [3.8, 4) is 0 Å². The van der Waals surface area contributed by atoms with Crippen LogP contribution in [-0.2, 0) is 30.5 Å². The highest BCUT2D eigenvalue weighted by Crippen LogP contribution is 2.35. The van der Waals surface area contributed by atoms with Gasteiger partial charge in [0.05, 0.1) is 53.6 Å². The molecule has 45 heavy (non-hydrogen) atoms. The van der Waals surface area contributed by atoms with Crippen LogP contribution in [0.25, 0.3) is 0 Å². The monoisotopic (exact) mass is 670 g/mol. The molecule has 0 radical (unpaired) electrons. The number of carbonyl (C=O) groups is 2. The number of piperidine rings is 1. The zero-order valence-electron chi connectivity index (χ0n) is 24.5. The number of benzene rings is 2. The summed E-state index contributed by atoms with van der Waals surface area (Å²) in [7, 11) is -3.11. The Morgan fingerprint density at radius 1 is 1.11 bits per heavy atom. The third-order valence-electron chi connectivity index (χ3n) is 8.35. The lowest BCUT2D eigenvalue weighted by Gasteiger charge is -2.38. The number of carbonyl (C=O) groups excluding carboxylic acids is 2. The van der Waals surface area contributed by atoms with Crippen LogP contribution in [0.5, 0.6) is 0 Å². The third kappa shape index (κ3) is 6.99. The highest BCUT2D eigenvalue weighted by atomic mass is 35.5. The van der Waals surface area contributed by atoms with E-state index in [4.69, 9.17) is 21.1 Å². The van der Waals surface area contributed by atoms with Gasteiger partial charge in [0.25, 0.3) is 15.9 Å². The molecule has 5 rings (SSSR count). The van der Waals surface area contributed by atoms with Gasteiger partial charge in [0.2, 0.25) is 5.91 Å². The Hall–Kier alpha value is -3.17. The minimum Gasteiger partial charge on any atom is -0.377 e. The first kappa shape index (κ1) is 33.2. The number of fused-ring (bicyclic) bond motifs is 4. The summed E-state index contributed by atoms with van der Waals surface area (Å²) in [5.74, 6) is -0.748. The number of rotatable bonds is 2. The molecule has 0 saturated carbocycles. The summed E-state index contributed by atoms with van der Waals surface area (Å²) in [6.45, 7) is 1.33. The van der Waals surface area contributed by atoms with Gasteiger partial charge in [0.1, 0.15) is 4.90 Å². The van der Waals surface area contributed by atoms with Crippen LogP contribution >= 0.6 is 11.6 Å². The summed E-state index contributed by atoms with van der Waals surface area (Å²) in [5, 5.41) is 5.92. The highest BCUT2D eigenvalue weighted by Gasteiger charge is 2.47. The number of amides is 2. The van der Waals surface area contributed by atoms with Crippen LogP contribution in [0.3, 0.4) is 0 Å². The molecule has 2 aromatic carbocycles. The number of nitrogens with one attached hydrogen (secondary N) is 2. The first-order valence-corrected chi connectivity index (χ1v) is 16.2. The molecule has 2 fully saturated rings. The predicted molar refractivity (Wildman–Crippen MR) is 161 cm³/mol. The molecule has 3 atom stereocenters. The second kappa shape index (κ2) is 13.3. The molecule has 3 aliphatic rings. The molecule has 2 saturated heterocycles. The first-order chi connectivity index (χ1) is 21.4. The van der Waals surface area contributed by atoms with E-state index in [1.165, 1.54) is 31.4 Å². The van der Waals surface area contributed by atoms with E-state index in [0.29, 0.717) is 13.0 Å².